The molecule has 0 aromatic rings. The number of amides is 1. The Kier molecular flexibility index (Phi) is 2.95. The van der Waals surface area contributed by atoms with E-state index in [2.05, 4.69) is 15.9 Å². The maximum absolute atomic E-state index is 11.9. The van der Waals surface area contributed by atoms with Gasteiger partial charge in [-0.3, -0.25) is 0 Å². The van der Waals surface area contributed by atoms with Crippen LogP contribution < -0.4 is 0 Å². The summed E-state index contributed by atoms with van der Waals surface area (Å²) in [5.74, 6) is 0.354. The Labute approximate surface area is 104 Å². The van der Waals surface area contributed by atoms with Crippen LogP contribution in [0.4, 0.5) is 4.79 Å². The van der Waals surface area contributed by atoms with Crippen molar-refractivity contribution >= 4 is 22.0 Å². The van der Waals surface area contributed by atoms with Gasteiger partial charge in [0.2, 0.25) is 0 Å². The molecule has 4 nitrogen and oxygen atoms in total. The van der Waals surface area contributed by atoms with Crippen molar-refractivity contribution in [2.45, 2.75) is 49.8 Å². The van der Waals surface area contributed by atoms with Crippen molar-refractivity contribution < 1.29 is 14.6 Å². The number of halogens is 1. The number of aliphatic hydroxyl groups excluding tert-OH is 1. The topological polar surface area (TPSA) is 49.8 Å². The number of hydrogen-bond acceptors (Lipinski definition) is 3. The Morgan fingerprint density at radius 1 is 1.50 bits per heavy atom. The van der Waals surface area contributed by atoms with Gasteiger partial charge in [-0.15, -0.1) is 0 Å². The lowest BCUT2D eigenvalue weighted by molar-refractivity contribution is -0.00149. The van der Waals surface area contributed by atoms with Gasteiger partial charge in [-0.25, -0.2) is 4.79 Å². The van der Waals surface area contributed by atoms with E-state index >= 15 is 0 Å². The zero-order valence-electron chi connectivity index (χ0n) is 9.81. The molecule has 1 N–H and O–H groups in total. The molecule has 0 aromatic heterocycles. The second-order valence-electron chi connectivity index (χ2n) is 5.63. The van der Waals surface area contributed by atoms with Gasteiger partial charge >= 0.3 is 6.09 Å². The van der Waals surface area contributed by atoms with E-state index in [-0.39, 0.29) is 17.0 Å². The highest BCUT2D eigenvalue weighted by Crippen LogP contribution is 2.42. The summed E-state index contributed by atoms with van der Waals surface area (Å²) in [7, 11) is 0. The quantitative estimate of drug-likeness (QED) is 0.692. The van der Waals surface area contributed by atoms with Crippen molar-refractivity contribution in [2.75, 3.05) is 6.54 Å². The molecule has 16 heavy (non-hydrogen) atoms. The van der Waals surface area contributed by atoms with Crippen LogP contribution in [0.15, 0.2) is 0 Å². The van der Waals surface area contributed by atoms with E-state index in [1.807, 2.05) is 20.8 Å². The monoisotopic (exact) mass is 291 g/mol. The SMILES string of the molecule is CC(C)(C)OC(=O)N1CC2C[C@@H](O)C1[C@H]2Br. The molecule has 4 atom stereocenters. The lowest BCUT2D eigenvalue weighted by atomic mass is 10.1. The Bertz CT molecular complexity index is 302. The molecule has 1 aliphatic carbocycles. The molecule has 2 aliphatic rings. The lowest BCUT2D eigenvalue weighted by Gasteiger charge is -2.32. The fourth-order valence-electron chi connectivity index (χ4n) is 2.52. The van der Waals surface area contributed by atoms with E-state index < -0.39 is 11.7 Å². The van der Waals surface area contributed by atoms with Crippen molar-refractivity contribution in [1.29, 1.82) is 0 Å². The van der Waals surface area contributed by atoms with Crippen LogP contribution in [-0.2, 0) is 4.74 Å². The minimum absolute atomic E-state index is 0.125. The highest BCUT2D eigenvalue weighted by atomic mass is 79.9. The number of alkyl halides is 1. The number of piperidine rings is 1. The number of likely N-dealkylation sites (tertiary alicyclic amines) is 1. The van der Waals surface area contributed by atoms with Crippen LogP contribution in [0.2, 0.25) is 0 Å². The first kappa shape index (κ1) is 12.2. The van der Waals surface area contributed by atoms with Crippen LogP contribution in [0.25, 0.3) is 0 Å². The summed E-state index contributed by atoms with van der Waals surface area (Å²) in [5, 5.41) is 9.83. The van der Waals surface area contributed by atoms with E-state index in [4.69, 9.17) is 4.74 Å². The second-order valence-corrected chi connectivity index (χ2v) is 6.69. The number of aliphatic hydroxyl groups is 1. The minimum Gasteiger partial charge on any atom is -0.444 e. The Hall–Kier alpha value is -0.290. The highest BCUT2D eigenvalue weighted by Gasteiger charge is 2.53. The summed E-state index contributed by atoms with van der Waals surface area (Å²) >= 11 is 3.55. The van der Waals surface area contributed by atoms with Gasteiger partial charge in [-0.2, -0.15) is 0 Å². The molecular formula is C11H18BrNO3. The Morgan fingerprint density at radius 3 is 2.56 bits per heavy atom. The molecule has 1 saturated heterocycles. The molecule has 2 unspecified atom stereocenters. The number of carbonyl (C=O) groups is 1. The third-order valence-electron chi connectivity index (χ3n) is 3.13. The number of fused-ring (bicyclic) bond motifs is 2. The van der Waals surface area contributed by atoms with Gasteiger partial charge in [0.1, 0.15) is 5.60 Å². The van der Waals surface area contributed by atoms with Crippen LogP contribution in [0.5, 0.6) is 0 Å². The highest BCUT2D eigenvalue weighted by molar-refractivity contribution is 9.09. The largest absolute Gasteiger partial charge is 0.444 e. The molecule has 2 rings (SSSR count). The zero-order valence-corrected chi connectivity index (χ0v) is 11.4. The van der Waals surface area contributed by atoms with E-state index in [0.29, 0.717) is 12.5 Å². The predicted molar refractivity (Wildman–Crippen MR) is 63.6 cm³/mol. The first-order valence-electron chi connectivity index (χ1n) is 5.61. The third-order valence-corrected chi connectivity index (χ3v) is 4.42. The number of carbonyl (C=O) groups excluding carboxylic acids is 1. The molecule has 0 aromatic carbocycles. The summed E-state index contributed by atoms with van der Waals surface area (Å²) < 4.78 is 5.33. The average Bonchev–Trinajstić information content (AvgIpc) is 2.54. The van der Waals surface area contributed by atoms with Crippen molar-refractivity contribution in [3.8, 4) is 0 Å². The molecule has 5 heteroatoms. The van der Waals surface area contributed by atoms with Crippen LogP contribution in [0.1, 0.15) is 27.2 Å². The standard InChI is InChI=1S/C11H18BrNO3/c1-11(2,3)16-10(15)13-5-6-4-7(14)9(13)8(6)12/h6-9,14H,4-5H2,1-3H3/t6?,7-,8+,9?/m1/s1. The molecule has 1 heterocycles. The van der Waals surface area contributed by atoms with Crippen molar-refractivity contribution in [3.63, 3.8) is 0 Å². The summed E-state index contributed by atoms with van der Waals surface area (Å²) in [5.41, 5.74) is -0.480. The van der Waals surface area contributed by atoms with Crippen LogP contribution in [0.3, 0.4) is 0 Å². The Morgan fingerprint density at radius 2 is 2.12 bits per heavy atom. The van der Waals surface area contributed by atoms with Crippen molar-refractivity contribution in [3.05, 3.63) is 0 Å². The van der Waals surface area contributed by atoms with Gasteiger partial charge in [0.05, 0.1) is 12.1 Å². The average molecular weight is 292 g/mol. The molecule has 1 aliphatic heterocycles. The first-order valence-corrected chi connectivity index (χ1v) is 6.53. The van der Waals surface area contributed by atoms with Crippen LogP contribution in [-0.4, -0.2) is 45.2 Å². The maximum Gasteiger partial charge on any atom is 0.410 e. The van der Waals surface area contributed by atoms with Crippen molar-refractivity contribution in [2.24, 2.45) is 5.92 Å². The van der Waals surface area contributed by atoms with Crippen LogP contribution in [0, 0.1) is 5.92 Å². The van der Waals surface area contributed by atoms with Crippen molar-refractivity contribution in [1.82, 2.24) is 4.90 Å². The number of ether oxygens (including phenoxy) is 1. The molecule has 2 fully saturated rings. The lowest BCUT2D eigenvalue weighted by Crippen LogP contribution is -2.47. The zero-order chi connectivity index (χ0) is 12.1. The van der Waals surface area contributed by atoms with E-state index in [1.165, 1.54) is 0 Å². The minimum atomic E-state index is -0.480. The predicted octanol–water partition coefficient (Wildman–Crippen LogP) is 1.75. The first-order chi connectivity index (χ1) is 7.29. The normalized spacial score (nSPS) is 37.9. The summed E-state index contributed by atoms with van der Waals surface area (Å²) in [6, 6.07) is -0.125. The van der Waals surface area contributed by atoms with Gasteiger partial charge in [-0.1, -0.05) is 15.9 Å². The Balaban J connectivity index is 2.05. The fourth-order valence-corrected chi connectivity index (χ4v) is 3.54. The molecule has 92 valence electrons. The van der Waals surface area contributed by atoms with E-state index in [9.17, 15) is 9.90 Å². The molecule has 2 bridgehead atoms. The summed E-state index contributed by atoms with van der Waals surface area (Å²) in [6.45, 7) is 6.23. The maximum atomic E-state index is 11.9. The van der Waals surface area contributed by atoms with Gasteiger partial charge in [-0.05, 0) is 33.1 Å². The third kappa shape index (κ3) is 2.07. The van der Waals surface area contributed by atoms with Gasteiger partial charge in [0, 0.05) is 11.4 Å². The van der Waals surface area contributed by atoms with Gasteiger partial charge < -0.3 is 14.7 Å². The smallest absolute Gasteiger partial charge is 0.410 e. The number of hydrogen-bond donors (Lipinski definition) is 1. The molecule has 0 spiro atoms. The molecule has 1 saturated carbocycles. The number of nitrogens with zero attached hydrogens (tertiary/aromatic N) is 1. The van der Waals surface area contributed by atoms with Gasteiger partial charge in [0.15, 0.2) is 0 Å². The second kappa shape index (κ2) is 3.88. The van der Waals surface area contributed by atoms with Gasteiger partial charge in [0.25, 0.3) is 0 Å². The summed E-state index contributed by atoms with van der Waals surface area (Å²) in [6.07, 6.45) is 0.0405. The molecular weight excluding hydrogens is 274 g/mol. The fraction of sp³-hybridized carbons (Fsp3) is 0.909. The number of rotatable bonds is 0. The molecule has 1 amide bonds. The van der Waals surface area contributed by atoms with E-state index in [1.54, 1.807) is 4.90 Å². The van der Waals surface area contributed by atoms with E-state index in [0.717, 1.165) is 6.42 Å². The van der Waals surface area contributed by atoms with Crippen LogP contribution >= 0.6 is 15.9 Å². The summed E-state index contributed by atoms with van der Waals surface area (Å²) in [4.78, 5) is 13.8. The molecule has 0 radical (unpaired) electrons.